The Morgan fingerprint density at radius 3 is 2.88 bits per heavy atom. The number of anilines is 3. The van der Waals surface area contributed by atoms with E-state index in [0.717, 1.165) is 55.4 Å². The van der Waals surface area contributed by atoms with Crippen molar-refractivity contribution in [2.24, 2.45) is 7.05 Å². The highest BCUT2D eigenvalue weighted by Crippen LogP contribution is 2.41. The van der Waals surface area contributed by atoms with E-state index in [-0.39, 0.29) is 6.61 Å². The van der Waals surface area contributed by atoms with Crippen LogP contribution in [0.4, 0.5) is 17.5 Å². The van der Waals surface area contributed by atoms with E-state index in [4.69, 9.17) is 4.74 Å². The van der Waals surface area contributed by atoms with Crippen LogP contribution in [-0.4, -0.2) is 69.2 Å². The molecule has 5 rings (SSSR count). The minimum absolute atomic E-state index is 0.00956. The number of hydrogen-bond donors (Lipinski definition) is 3. The Morgan fingerprint density at radius 2 is 2.12 bits per heavy atom. The predicted molar refractivity (Wildman–Crippen MR) is 128 cm³/mol. The summed E-state index contributed by atoms with van der Waals surface area (Å²) in [6, 6.07) is 9.91. The van der Waals surface area contributed by atoms with E-state index in [1.165, 1.54) is 0 Å². The summed E-state index contributed by atoms with van der Waals surface area (Å²) in [6.45, 7) is 6.70. The Labute approximate surface area is 198 Å². The number of morpholine rings is 1. The largest absolute Gasteiger partial charge is 0.395 e. The number of nitriles is 1. The molecule has 0 amide bonds. The quantitative estimate of drug-likeness (QED) is 0.507. The third kappa shape index (κ3) is 4.21. The molecular formula is C24H28N8O2. The molecule has 3 N–H and O–H groups in total. The summed E-state index contributed by atoms with van der Waals surface area (Å²) in [7, 11) is 1.93. The Balaban J connectivity index is 1.40. The molecular weight excluding hydrogens is 432 g/mol. The number of nitrogens with zero attached hydrogens (tertiary/aromatic N) is 6. The lowest BCUT2D eigenvalue weighted by Gasteiger charge is -2.26. The van der Waals surface area contributed by atoms with Gasteiger partial charge >= 0.3 is 0 Å². The van der Waals surface area contributed by atoms with Crippen molar-refractivity contribution in [3.8, 4) is 17.3 Å². The second kappa shape index (κ2) is 9.02. The van der Waals surface area contributed by atoms with Crippen molar-refractivity contribution in [3.63, 3.8) is 0 Å². The second-order valence-corrected chi connectivity index (χ2v) is 9.05. The van der Waals surface area contributed by atoms with E-state index in [1.54, 1.807) is 6.20 Å². The van der Waals surface area contributed by atoms with E-state index in [2.05, 4.69) is 36.7 Å². The van der Waals surface area contributed by atoms with Crippen molar-refractivity contribution in [2.45, 2.75) is 18.9 Å². The number of aromatic nitrogens is 4. The number of rotatable bonds is 6. The first kappa shape index (κ1) is 22.3. The third-order valence-corrected chi connectivity index (χ3v) is 6.57. The maximum atomic E-state index is 9.96. The van der Waals surface area contributed by atoms with Gasteiger partial charge in [-0.25, -0.2) is 9.97 Å². The molecule has 1 fully saturated rings. The topological polar surface area (TPSA) is 124 Å². The van der Waals surface area contributed by atoms with Crippen LogP contribution in [0.25, 0.3) is 11.3 Å². The van der Waals surface area contributed by atoms with Crippen LogP contribution in [0.2, 0.25) is 0 Å². The molecule has 10 nitrogen and oxygen atoms in total. The van der Waals surface area contributed by atoms with Gasteiger partial charge < -0.3 is 20.5 Å². The van der Waals surface area contributed by atoms with Gasteiger partial charge in [0.15, 0.2) is 5.82 Å². The first-order valence-electron chi connectivity index (χ1n) is 11.4. The molecule has 1 aromatic carbocycles. The number of hydrogen-bond acceptors (Lipinski definition) is 9. The summed E-state index contributed by atoms with van der Waals surface area (Å²) in [6.07, 6.45) is 1.69. The minimum Gasteiger partial charge on any atom is -0.395 e. The third-order valence-electron chi connectivity index (χ3n) is 6.57. The van der Waals surface area contributed by atoms with Crippen molar-refractivity contribution >= 4 is 17.5 Å². The molecule has 0 unspecified atom stereocenters. The second-order valence-electron chi connectivity index (χ2n) is 9.05. The van der Waals surface area contributed by atoms with Crippen LogP contribution >= 0.6 is 0 Å². The fourth-order valence-electron chi connectivity index (χ4n) is 4.46. The van der Waals surface area contributed by atoms with Crippen molar-refractivity contribution in [2.75, 3.05) is 50.1 Å². The minimum atomic E-state index is -0.449. The fourth-order valence-corrected chi connectivity index (χ4v) is 4.46. The highest BCUT2D eigenvalue weighted by atomic mass is 16.5. The van der Waals surface area contributed by atoms with Gasteiger partial charge in [-0.05, 0) is 23.8 Å². The molecule has 2 aliphatic rings. The van der Waals surface area contributed by atoms with Gasteiger partial charge in [-0.2, -0.15) is 10.4 Å². The Kier molecular flexibility index (Phi) is 5.91. The lowest BCUT2D eigenvalue weighted by Crippen LogP contribution is -2.36. The molecule has 4 heterocycles. The van der Waals surface area contributed by atoms with Crippen molar-refractivity contribution < 1.29 is 9.84 Å². The molecule has 0 bridgehead atoms. The number of aryl methyl sites for hydroxylation is 1. The van der Waals surface area contributed by atoms with Gasteiger partial charge in [0.05, 0.1) is 42.5 Å². The van der Waals surface area contributed by atoms with Gasteiger partial charge in [0.1, 0.15) is 6.07 Å². The van der Waals surface area contributed by atoms with E-state index in [0.29, 0.717) is 29.6 Å². The van der Waals surface area contributed by atoms with Gasteiger partial charge in [0.25, 0.3) is 0 Å². The van der Waals surface area contributed by atoms with Crippen LogP contribution < -0.4 is 10.6 Å². The Hall–Kier alpha value is -3.52. The SMILES string of the molecule is Cn1nc(Nc2nccc(-c3cc(C#N)c4c(c3)[C@@](C)(CO)CN4)n2)cc1CN1CCOCC1. The zero-order valence-corrected chi connectivity index (χ0v) is 19.4. The number of nitrogens with one attached hydrogen (secondary N) is 2. The van der Waals surface area contributed by atoms with Crippen LogP contribution in [0.1, 0.15) is 23.7 Å². The number of ether oxygens (including phenoxy) is 1. The number of benzene rings is 1. The summed E-state index contributed by atoms with van der Waals surface area (Å²) >= 11 is 0. The summed E-state index contributed by atoms with van der Waals surface area (Å²) < 4.78 is 7.29. The highest BCUT2D eigenvalue weighted by Gasteiger charge is 2.36. The normalized spacial score (nSPS) is 19.9. The Morgan fingerprint density at radius 1 is 1.29 bits per heavy atom. The van der Waals surface area contributed by atoms with Gasteiger partial charge in [-0.1, -0.05) is 6.92 Å². The lowest BCUT2D eigenvalue weighted by molar-refractivity contribution is 0.0331. The zero-order chi connectivity index (χ0) is 23.7. The molecule has 34 heavy (non-hydrogen) atoms. The lowest BCUT2D eigenvalue weighted by atomic mass is 9.83. The van der Waals surface area contributed by atoms with Gasteiger partial charge in [0.2, 0.25) is 5.95 Å². The van der Waals surface area contributed by atoms with Crippen LogP contribution in [0.3, 0.4) is 0 Å². The highest BCUT2D eigenvalue weighted by molar-refractivity contribution is 5.76. The molecule has 1 atom stereocenters. The predicted octanol–water partition coefficient (Wildman–Crippen LogP) is 2.00. The average molecular weight is 461 g/mol. The van der Waals surface area contributed by atoms with Crippen LogP contribution in [0, 0.1) is 11.3 Å². The molecule has 0 aliphatic carbocycles. The number of fused-ring (bicyclic) bond motifs is 1. The molecule has 2 aromatic heterocycles. The molecule has 0 spiro atoms. The van der Waals surface area contributed by atoms with Crippen molar-refractivity contribution in [3.05, 3.63) is 47.3 Å². The molecule has 1 saturated heterocycles. The maximum Gasteiger partial charge on any atom is 0.228 e. The first-order chi connectivity index (χ1) is 16.5. The summed E-state index contributed by atoms with van der Waals surface area (Å²) in [5.41, 5.74) is 4.39. The molecule has 0 radical (unpaired) electrons. The number of aliphatic hydroxyl groups excluding tert-OH is 1. The molecule has 10 heteroatoms. The summed E-state index contributed by atoms with van der Waals surface area (Å²) in [5.74, 6) is 1.10. The summed E-state index contributed by atoms with van der Waals surface area (Å²) in [5, 5.41) is 30.7. The van der Waals surface area contributed by atoms with E-state index < -0.39 is 5.41 Å². The maximum absolute atomic E-state index is 9.96. The standard InChI is InChI=1S/C24H28N8O2/c1-24(15-33)14-27-22-17(12-25)9-16(10-19(22)24)20-3-4-26-23(28-20)29-21-11-18(31(2)30-21)13-32-5-7-34-8-6-32/h3-4,9-11,27,33H,5-8,13-15H2,1-2H3,(H,26,28,29,30)/t24-/m1/s1. The van der Waals surface area contributed by atoms with Crippen LogP contribution in [0.15, 0.2) is 30.5 Å². The first-order valence-corrected chi connectivity index (χ1v) is 11.4. The summed E-state index contributed by atoms with van der Waals surface area (Å²) in [4.78, 5) is 11.4. The molecule has 3 aromatic rings. The van der Waals surface area contributed by atoms with E-state index in [1.807, 2.05) is 42.9 Å². The zero-order valence-electron chi connectivity index (χ0n) is 19.4. The van der Waals surface area contributed by atoms with Gasteiger partial charge in [-0.3, -0.25) is 9.58 Å². The van der Waals surface area contributed by atoms with Gasteiger partial charge in [-0.15, -0.1) is 0 Å². The van der Waals surface area contributed by atoms with Crippen molar-refractivity contribution in [1.29, 1.82) is 5.26 Å². The van der Waals surface area contributed by atoms with Crippen molar-refractivity contribution in [1.82, 2.24) is 24.6 Å². The fraction of sp³-hybridized carbons (Fsp3) is 0.417. The Bertz CT molecular complexity index is 1240. The smallest absolute Gasteiger partial charge is 0.228 e. The van der Waals surface area contributed by atoms with E-state index in [9.17, 15) is 10.4 Å². The average Bonchev–Trinajstić information content (AvgIpc) is 3.38. The van der Waals surface area contributed by atoms with Gasteiger partial charge in [0, 0.05) is 56.5 Å². The monoisotopic (exact) mass is 460 g/mol. The number of aliphatic hydroxyl groups is 1. The molecule has 2 aliphatic heterocycles. The molecule has 176 valence electrons. The van der Waals surface area contributed by atoms with Crippen LogP contribution in [-0.2, 0) is 23.7 Å². The van der Waals surface area contributed by atoms with Crippen LogP contribution in [0.5, 0.6) is 0 Å². The van der Waals surface area contributed by atoms with E-state index >= 15 is 0 Å². The molecule has 0 saturated carbocycles.